The molecule has 1 aliphatic heterocycles. The van der Waals surface area contributed by atoms with Crippen LogP contribution in [0.2, 0.25) is 0 Å². The number of nitrogens with zero attached hydrogens (tertiary/aromatic N) is 1. The molecule has 0 spiro atoms. The Bertz CT molecular complexity index is 995. The highest BCUT2D eigenvalue weighted by molar-refractivity contribution is 7.99. The highest BCUT2D eigenvalue weighted by Crippen LogP contribution is 2.31. The van der Waals surface area contributed by atoms with E-state index in [0.29, 0.717) is 33.2 Å². The van der Waals surface area contributed by atoms with Crippen molar-refractivity contribution in [3.63, 3.8) is 0 Å². The molecule has 29 heavy (non-hydrogen) atoms. The van der Waals surface area contributed by atoms with Gasteiger partial charge < -0.3 is 10.1 Å². The first-order chi connectivity index (χ1) is 13.9. The maximum atomic E-state index is 13.0. The van der Waals surface area contributed by atoms with Crippen LogP contribution in [0, 0.1) is 5.92 Å². The summed E-state index contributed by atoms with van der Waals surface area (Å²) < 4.78 is 32.2. The normalized spacial score (nSPS) is 15.8. The molecule has 10 heteroatoms. The molecule has 1 amide bonds. The van der Waals surface area contributed by atoms with Crippen LogP contribution in [0.1, 0.15) is 23.2 Å². The molecule has 156 valence electrons. The fourth-order valence-corrected chi connectivity index (χ4v) is 6.59. The van der Waals surface area contributed by atoms with E-state index in [2.05, 4.69) is 5.32 Å². The molecule has 0 radical (unpaired) electrons. The third-order valence-corrected chi connectivity index (χ3v) is 8.53. The zero-order valence-corrected chi connectivity index (χ0v) is 18.5. The van der Waals surface area contributed by atoms with Crippen molar-refractivity contribution in [2.45, 2.75) is 22.6 Å². The van der Waals surface area contributed by atoms with Gasteiger partial charge in [0.1, 0.15) is 5.00 Å². The summed E-state index contributed by atoms with van der Waals surface area (Å²) in [6, 6.07) is 8.54. The zero-order chi connectivity index (χ0) is 21.0. The van der Waals surface area contributed by atoms with Crippen molar-refractivity contribution < 1.29 is 22.7 Å². The summed E-state index contributed by atoms with van der Waals surface area (Å²) in [6.45, 7) is 0.550. The number of benzene rings is 1. The Morgan fingerprint density at radius 1 is 1.21 bits per heavy atom. The molecule has 7 nitrogen and oxygen atoms in total. The number of piperidine rings is 1. The maximum Gasteiger partial charge on any atom is 0.340 e. The predicted octanol–water partition coefficient (Wildman–Crippen LogP) is 3.30. The van der Waals surface area contributed by atoms with Crippen LogP contribution in [0.15, 0.2) is 45.5 Å². The number of carbonyl (C=O) groups excluding carboxylic acids is 2. The summed E-state index contributed by atoms with van der Waals surface area (Å²) in [7, 11) is -2.31. The molecule has 0 unspecified atom stereocenters. The molecule has 1 aliphatic rings. The largest absolute Gasteiger partial charge is 0.465 e. The van der Waals surface area contributed by atoms with Crippen LogP contribution in [0.3, 0.4) is 0 Å². The number of sulfonamides is 1. The number of thiophene rings is 1. The van der Waals surface area contributed by atoms with Gasteiger partial charge in [-0.2, -0.15) is 4.31 Å². The molecule has 2 heterocycles. The van der Waals surface area contributed by atoms with E-state index in [9.17, 15) is 18.0 Å². The Kier molecular flexibility index (Phi) is 6.99. The van der Waals surface area contributed by atoms with Crippen LogP contribution in [0.5, 0.6) is 0 Å². The molecular formula is C19H22N2O5S3. The van der Waals surface area contributed by atoms with Crippen LogP contribution in [0.4, 0.5) is 5.00 Å². The van der Waals surface area contributed by atoms with E-state index in [1.54, 1.807) is 29.6 Å². The number of hydrogen-bond acceptors (Lipinski definition) is 7. The Balaban J connectivity index is 1.65. The van der Waals surface area contributed by atoms with Gasteiger partial charge in [-0.15, -0.1) is 23.1 Å². The number of rotatable bonds is 6. The lowest BCUT2D eigenvalue weighted by atomic mass is 9.97. The Morgan fingerprint density at radius 3 is 2.55 bits per heavy atom. The van der Waals surface area contributed by atoms with Gasteiger partial charge >= 0.3 is 5.97 Å². The standard InChI is InChI=1S/C19H22N2O5S3/c1-26-19(23)14-9-12-28-18(14)20-17(22)13-7-10-21(11-8-13)29(24,25)16-6-4-3-5-15(16)27-2/h3-6,9,12-13H,7-8,10-11H2,1-2H3,(H,20,22). The van der Waals surface area contributed by atoms with Crippen molar-refractivity contribution in [3.8, 4) is 0 Å². The summed E-state index contributed by atoms with van der Waals surface area (Å²) in [5.74, 6) is -1.03. The lowest BCUT2D eigenvalue weighted by Gasteiger charge is -2.31. The molecule has 3 rings (SSSR count). The molecular weight excluding hydrogens is 432 g/mol. The molecule has 0 saturated carbocycles. The first kappa shape index (κ1) is 21.8. The van der Waals surface area contributed by atoms with Gasteiger partial charge in [-0.05, 0) is 42.7 Å². The summed E-state index contributed by atoms with van der Waals surface area (Å²) in [5.41, 5.74) is 0.319. The third-order valence-electron chi connectivity index (χ3n) is 4.82. The van der Waals surface area contributed by atoms with Crippen molar-refractivity contribution in [2.75, 3.05) is 31.8 Å². The Morgan fingerprint density at radius 2 is 1.90 bits per heavy atom. The number of nitrogens with one attached hydrogen (secondary N) is 1. The fraction of sp³-hybridized carbons (Fsp3) is 0.368. The lowest BCUT2D eigenvalue weighted by Crippen LogP contribution is -2.41. The van der Waals surface area contributed by atoms with Gasteiger partial charge in [0.05, 0.1) is 17.6 Å². The molecule has 1 saturated heterocycles. The molecule has 2 aromatic rings. The molecule has 1 fully saturated rings. The SMILES string of the molecule is COC(=O)c1ccsc1NC(=O)C1CCN(S(=O)(=O)c2ccccc2SC)CC1. The number of carbonyl (C=O) groups is 2. The molecule has 1 N–H and O–H groups in total. The molecule has 1 aromatic heterocycles. The molecule has 0 aliphatic carbocycles. The summed E-state index contributed by atoms with van der Waals surface area (Å²) in [4.78, 5) is 25.4. The number of thioether (sulfide) groups is 1. The van der Waals surface area contributed by atoms with Crippen molar-refractivity contribution >= 4 is 50.0 Å². The quantitative estimate of drug-likeness (QED) is 0.532. The van der Waals surface area contributed by atoms with Crippen molar-refractivity contribution in [2.24, 2.45) is 5.92 Å². The van der Waals surface area contributed by atoms with Crippen LogP contribution < -0.4 is 5.32 Å². The summed E-state index contributed by atoms with van der Waals surface area (Å²) >= 11 is 2.64. The van der Waals surface area contributed by atoms with Gasteiger partial charge in [-0.1, -0.05) is 12.1 Å². The second kappa shape index (κ2) is 9.29. The Hall–Kier alpha value is -1.88. The van der Waals surface area contributed by atoms with Crippen molar-refractivity contribution in [3.05, 3.63) is 41.3 Å². The van der Waals surface area contributed by atoms with Crippen LogP contribution in [0.25, 0.3) is 0 Å². The highest BCUT2D eigenvalue weighted by atomic mass is 32.2. The zero-order valence-electron chi connectivity index (χ0n) is 16.1. The van der Waals surface area contributed by atoms with Crippen LogP contribution >= 0.6 is 23.1 Å². The minimum absolute atomic E-state index is 0.209. The number of anilines is 1. The van der Waals surface area contributed by atoms with E-state index >= 15 is 0 Å². The molecule has 1 aromatic carbocycles. The molecule has 0 atom stereocenters. The topological polar surface area (TPSA) is 92.8 Å². The average Bonchev–Trinajstić information content (AvgIpc) is 3.21. The minimum Gasteiger partial charge on any atom is -0.465 e. The number of methoxy groups -OCH3 is 1. The summed E-state index contributed by atoms with van der Waals surface area (Å²) in [6.07, 6.45) is 2.69. The van der Waals surface area contributed by atoms with Gasteiger partial charge in [-0.3, -0.25) is 4.79 Å². The van der Waals surface area contributed by atoms with Crippen LogP contribution in [-0.2, 0) is 19.6 Å². The van der Waals surface area contributed by atoms with E-state index in [0.717, 1.165) is 0 Å². The van der Waals surface area contributed by atoms with Crippen molar-refractivity contribution in [1.82, 2.24) is 4.31 Å². The number of esters is 1. The summed E-state index contributed by atoms with van der Waals surface area (Å²) in [5, 5.41) is 4.94. The van der Waals surface area contributed by atoms with E-state index in [1.165, 1.54) is 34.5 Å². The highest BCUT2D eigenvalue weighted by Gasteiger charge is 2.33. The van der Waals surface area contributed by atoms with E-state index < -0.39 is 16.0 Å². The van der Waals surface area contributed by atoms with Crippen LogP contribution in [-0.4, -0.2) is 51.1 Å². The average molecular weight is 455 g/mol. The molecule has 0 bridgehead atoms. The maximum absolute atomic E-state index is 13.0. The minimum atomic E-state index is -3.60. The Labute approximate surface area is 178 Å². The number of ether oxygens (including phenoxy) is 1. The number of hydrogen-bond donors (Lipinski definition) is 1. The third kappa shape index (κ3) is 4.66. The monoisotopic (exact) mass is 454 g/mol. The van der Waals surface area contributed by atoms with Gasteiger partial charge in [-0.25, -0.2) is 13.2 Å². The van der Waals surface area contributed by atoms with E-state index in [4.69, 9.17) is 4.74 Å². The van der Waals surface area contributed by atoms with Crippen molar-refractivity contribution in [1.29, 1.82) is 0 Å². The van der Waals surface area contributed by atoms with Gasteiger partial charge in [0, 0.05) is 23.9 Å². The predicted molar refractivity (Wildman–Crippen MR) is 114 cm³/mol. The van der Waals surface area contributed by atoms with Gasteiger partial charge in [0.25, 0.3) is 0 Å². The van der Waals surface area contributed by atoms with Gasteiger partial charge in [0.15, 0.2) is 0 Å². The lowest BCUT2D eigenvalue weighted by molar-refractivity contribution is -0.120. The van der Waals surface area contributed by atoms with E-state index in [1.807, 2.05) is 12.3 Å². The second-order valence-electron chi connectivity index (χ2n) is 6.47. The first-order valence-corrected chi connectivity index (χ1v) is 12.5. The fourth-order valence-electron chi connectivity index (χ4n) is 3.22. The van der Waals surface area contributed by atoms with E-state index in [-0.39, 0.29) is 24.9 Å². The first-order valence-electron chi connectivity index (χ1n) is 8.98. The van der Waals surface area contributed by atoms with Gasteiger partial charge in [0.2, 0.25) is 15.9 Å². The number of amides is 1. The second-order valence-corrected chi connectivity index (χ2v) is 10.1. The smallest absolute Gasteiger partial charge is 0.340 e.